The van der Waals surface area contributed by atoms with Crippen molar-refractivity contribution in [3.8, 4) is 0 Å². The van der Waals surface area contributed by atoms with Crippen LogP contribution in [-0.4, -0.2) is 82.0 Å². The predicted molar refractivity (Wildman–Crippen MR) is 114 cm³/mol. The topological polar surface area (TPSA) is 122 Å². The minimum Gasteiger partial charge on any atom is -0.483 e. The van der Waals surface area contributed by atoms with E-state index in [9.17, 15) is 14.4 Å². The quantitative estimate of drug-likeness (QED) is 0.542. The Hall–Kier alpha value is -2.91. The first-order chi connectivity index (χ1) is 15.5. The van der Waals surface area contributed by atoms with Crippen molar-refractivity contribution in [2.75, 3.05) is 33.3 Å². The Bertz CT molecular complexity index is 807. The van der Waals surface area contributed by atoms with E-state index in [-0.39, 0.29) is 30.2 Å². The van der Waals surface area contributed by atoms with E-state index in [4.69, 9.17) is 14.6 Å². The van der Waals surface area contributed by atoms with Crippen LogP contribution in [0, 0.1) is 11.8 Å². The van der Waals surface area contributed by atoms with Gasteiger partial charge in [0.1, 0.15) is 11.5 Å². The molecule has 1 aromatic heterocycles. The van der Waals surface area contributed by atoms with E-state index in [0.29, 0.717) is 63.6 Å². The molecule has 0 spiro atoms. The molecule has 10 nitrogen and oxygen atoms in total. The number of hydrogen-bond donors (Lipinski definition) is 1. The first kappa shape index (κ1) is 23.7. The highest BCUT2D eigenvalue weighted by Crippen LogP contribution is 2.28. The third-order valence-corrected chi connectivity index (χ3v) is 6.60. The molecule has 1 saturated heterocycles. The third-order valence-electron chi connectivity index (χ3n) is 6.60. The lowest BCUT2D eigenvalue weighted by Crippen LogP contribution is -2.34. The van der Waals surface area contributed by atoms with E-state index in [1.807, 2.05) is 9.47 Å². The van der Waals surface area contributed by atoms with Gasteiger partial charge in [0.15, 0.2) is 0 Å². The summed E-state index contributed by atoms with van der Waals surface area (Å²) in [6.07, 6.45) is 8.62. The largest absolute Gasteiger partial charge is 0.483 e. The maximum absolute atomic E-state index is 12.8. The zero-order chi connectivity index (χ0) is 23.1. The molecule has 1 aliphatic carbocycles. The van der Waals surface area contributed by atoms with Gasteiger partial charge in [-0.3, -0.25) is 19.2 Å². The number of likely N-dealkylation sites (tertiary alicyclic amines) is 1. The minimum absolute atomic E-state index is 0.133. The van der Waals surface area contributed by atoms with E-state index >= 15 is 0 Å². The molecule has 1 saturated carbocycles. The average Bonchev–Trinajstić information content (AvgIpc) is 3.53. The molecule has 4 rings (SSSR count). The van der Waals surface area contributed by atoms with Gasteiger partial charge in [-0.05, 0) is 25.2 Å². The molecule has 2 aliphatic heterocycles. The summed E-state index contributed by atoms with van der Waals surface area (Å²) in [6.45, 7) is 2.67. The molecule has 0 bridgehead atoms. The second-order valence-corrected chi connectivity index (χ2v) is 8.59. The molecule has 0 radical (unpaired) electrons. The second-order valence-electron chi connectivity index (χ2n) is 8.59. The summed E-state index contributed by atoms with van der Waals surface area (Å²) >= 11 is 0. The number of aromatic nitrogens is 2. The molecular weight excluding hydrogens is 416 g/mol. The summed E-state index contributed by atoms with van der Waals surface area (Å²) in [5.41, 5.74) is 0.427. The van der Waals surface area contributed by atoms with Crippen molar-refractivity contribution in [2.45, 2.75) is 51.5 Å². The lowest BCUT2D eigenvalue weighted by Gasteiger charge is -2.22. The maximum atomic E-state index is 12.8. The minimum atomic E-state index is -0.261. The van der Waals surface area contributed by atoms with Crippen LogP contribution >= 0.6 is 0 Å². The van der Waals surface area contributed by atoms with Gasteiger partial charge in [0.25, 0.3) is 12.4 Å². The number of carbonyl (C=O) groups is 4. The molecule has 0 aromatic carbocycles. The smallest absolute Gasteiger partial charge is 0.310 e. The highest BCUT2D eigenvalue weighted by atomic mass is 16.5. The SMILES string of the molecule is COC(=O)C1CCN(C(=O)c2cn3c(n2)CCN(C(=O)CC2CCCC2)CC3)C1.O=CO. The van der Waals surface area contributed by atoms with Gasteiger partial charge in [0, 0.05) is 51.8 Å². The van der Waals surface area contributed by atoms with Crippen LogP contribution in [0.25, 0.3) is 0 Å². The fourth-order valence-corrected chi connectivity index (χ4v) is 4.83. The normalized spacial score (nSPS) is 20.7. The van der Waals surface area contributed by atoms with Crippen molar-refractivity contribution >= 4 is 24.3 Å². The summed E-state index contributed by atoms with van der Waals surface area (Å²) < 4.78 is 6.79. The van der Waals surface area contributed by atoms with Crippen LogP contribution in [0.4, 0.5) is 0 Å². The Balaban J connectivity index is 0.000000913. The van der Waals surface area contributed by atoms with Crippen molar-refractivity contribution in [1.29, 1.82) is 0 Å². The molecule has 1 N–H and O–H groups in total. The van der Waals surface area contributed by atoms with Crippen LogP contribution in [0.5, 0.6) is 0 Å². The Kier molecular flexibility index (Phi) is 8.24. The summed E-state index contributed by atoms with van der Waals surface area (Å²) in [7, 11) is 1.38. The van der Waals surface area contributed by atoms with E-state index in [0.717, 1.165) is 5.82 Å². The molecule has 1 aromatic rings. The van der Waals surface area contributed by atoms with Crippen LogP contribution in [0.15, 0.2) is 6.20 Å². The lowest BCUT2D eigenvalue weighted by atomic mass is 10.0. The lowest BCUT2D eigenvalue weighted by molar-refractivity contribution is -0.144. The van der Waals surface area contributed by atoms with Gasteiger partial charge in [0.2, 0.25) is 5.91 Å². The Morgan fingerprint density at radius 3 is 2.53 bits per heavy atom. The van der Waals surface area contributed by atoms with Crippen LogP contribution in [0.3, 0.4) is 0 Å². The number of carbonyl (C=O) groups excluding carboxylic acids is 3. The van der Waals surface area contributed by atoms with Gasteiger partial charge in [-0.2, -0.15) is 0 Å². The summed E-state index contributed by atoms with van der Waals surface area (Å²) in [4.78, 5) is 53.7. The number of amides is 2. The van der Waals surface area contributed by atoms with Crippen molar-refractivity contribution in [2.24, 2.45) is 11.8 Å². The third kappa shape index (κ3) is 5.66. The first-order valence-corrected chi connectivity index (χ1v) is 11.3. The standard InChI is InChI=1S/C21H30N4O4.CH2O2/c1-29-21(28)16-6-8-25(13-16)20(27)17-14-24-11-10-23(9-7-18(24)22-17)19(26)12-15-4-2-3-5-15;2-1-3/h14-16H,2-13H2,1H3;1H,(H,2,3). The van der Waals surface area contributed by atoms with Crippen molar-refractivity contribution in [3.05, 3.63) is 17.7 Å². The highest BCUT2D eigenvalue weighted by molar-refractivity contribution is 5.93. The van der Waals surface area contributed by atoms with Gasteiger partial charge in [-0.15, -0.1) is 0 Å². The number of fused-ring (bicyclic) bond motifs is 1. The van der Waals surface area contributed by atoms with Crippen LogP contribution in [-0.2, 0) is 32.1 Å². The summed E-state index contributed by atoms with van der Waals surface area (Å²) in [5.74, 6) is 1.03. The Labute approximate surface area is 187 Å². The number of imidazole rings is 1. The maximum Gasteiger partial charge on any atom is 0.310 e. The first-order valence-electron chi connectivity index (χ1n) is 11.3. The van der Waals surface area contributed by atoms with Gasteiger partial charge in [0.05, 0.1) is 13.0 Å². The number of rotatable bonds is 4. The number of ether oxygens (including phenoxy) is 1. The van der Waals surface area contributed by atoms with Gasteiger partial charge in [-0.1, -0.05) is 12.8 Å². The molecular formula is C22H32N4O6. The fourth-order valence-electron chi connectivity index (χ4n) is 4.83. The summed E-state index contributed by atoms with van der Waals surface area (Å²) in [5, 5.41) is 6.89. The molecule has 1 unspecified atom stereocenters. The van der Waals surface area contributed by atoms with E-state index in [1.165, 1.54) is 32.8 Å². The number of carboxylic acid groups (broad SMARTS) is 1. The number of methoxy groups -OCH3 is 1. The molecule has 1 atom stereocenters. The van der Waals surface area contributed by atoms with Crippen molar-refractivity contribution in [1.82, 2.24) is 19.4 Å². The molecule has 10 heteroatoms. The summed E-state index contributed by atoms with van der Waals surface area (Å²) in [6, 6.07) is 0. The molecule has 3 heterocycles. The zero-order valence-corrected chi connectivity index (χ0v) is 18.6. The molecule has 2 amide bonds. The Morgan fingerprint density at radius 2 is 1.84 bits per heavy atom. The van der Waals surface area contributed by atoms with Crippen LogP contribution in [0.2, 0.25) is 0 Å². The van der Waals surface area contributed by atoms with E-state index in [2.05, 4.69) is 4.98 Å². The average molecular weight is 449 g/mol. The van der Waals surface area contributed by atoms with Crippen molar-refractivity contribution < 1.29 is 29.0 Å². The number of esters is 1. The van der Waals surface area contributed by atoms with Gasteiger partial charge < -0.3 is 24.2 Å². The Morgan fingerprint density at radius 1 is 1.12 bits per heavy atom. The van der Waals surface area contributed by atoms with E-state index < -0.39 is 0 Å². The molecule has 2 fully saturated rings. The van der Waals surface area contributed by atoms with Gasteiger partial charge >= 0.3 is 5.97 Å². The molecule has 32 heavy (non-hydrogen) atoms. The second kappa shape index (κ2) is 11.1. The van der Waals surface area contributed by atoms with E-state index in [1.54, 1.807) is 11.1 Å². The zero-order valence-electron chi connectivity index (χ0n) is 18.6. The molecule has 176 valence electrons. The van der Waals surface area contributed by atoms with Crippen molar-refractivity contribution in [3.63, 3.8) is 0 Å². The number of nitrogens with zero attached hydrogens (tertiary/aromatic N) is 4. The number of hydrogen-bond acceptors (Lipinski definition) is 6. The van der Waals surface area contributed by atoms with Gasteiger partial charge in [-0.25, -0.2) is 4.98 Å². The predicted octanol–water partition coefficient (Wildman–Crippen LogP) is 1.18. The fraction of sp³-hybridized carbons (Fsp3) is 0.682. The molecule has 3 aliphatic rings. The highest BCUT2D eigenvalue weighted by Gasteiger charge is 2.33. The monoisotopic (exact) mass is 448 g/mol. The van der Waals surface area contributed by atoms with Crippen LogP contribution in [0.1, 0.15) is 54.8 Å². The van der Waals surface area contributed by atoms with Crippen LogP contribution < -0.4 is 0 Å².